The van der Waals surface area contributed by atoms with Crippen molar-refractivity contribution < 1.29 is 14.4 Å². The first-order valence-corrected chi connectivity index (χ1v) is 9.38. The summed E-state index contributed by atoms with van der Waals surface area (Å²) >= 11 is 0. The van der Waals surface area contributed by atoms with Crippen molar-refractivity contribution in [3.05, 3.63) is 35.4 Å². The lowest BCUT2D eigenvalue weighted by Gasteiger charge is -2.28. The number of rotatable bonds is 3. The number of carbonyl (C=O) groups is 3. The van der Waals surface area contributed by atoms with Gasteiger partial charge in [-0.25, -0.2) is 4.79 Å². The largest absolute Gasteiger partial charge is 0.345 e. The minimum Gasteiger partial charge on any atom is -0.345 e. The molecule has 1 aliphatic heterocycles. The number of urea groups is 1. The van der Waals surface area contributed by atoms with Gasteiger partial charge in [0.05, 0.1) is 6.54 Å². The average molecular weight is 357 g/mol. The van der Waals surface area contributed by atoms with Gasteiger partial charge in [0.15, 0.2) is 0 Å². The number of nitrogens with one attached hydrogen (secondary N) is 1. The Hall–Kier alpha value is -2.37. The predicted molar refractivity (Wildman–Crippen MR) is 98.6 cm³/mol. The topological polar surface area (TPSA) is 69.7 Å². The molecule has 4 amide bonds. The van der Waals surface area contributed by atoms with Crippen LogP contribution in [0.15, 0.2) is 24.3 Å². The Morgan fingerprint density at radius 2 is 1.62 bits per heavy atom. The molecule has 0 atom stereocenters. The van der Waals surface area contributed by atoms with Gasteiger partial charge < -0.3 is 10.2 Å². The molecule has 0 radical (unpaired) electrons. The van der Waals surface area contributed by atoms with Gasteiger partial charge in [0, 0.05) is 19.7 Å². The third kappa shape index (κ3) is 3.59. The molecule has 1 aromatic rings. The summed E-state index contributed by atoms with van der Waals surface area (Å²) in [7, 11) is 3.41. The van der Waals surface area contributed by atoms with Gasteiger partial charge in [-0.1, -0.05) is 44.2 Å². The van der Waals surface area contributed by atoms with Crippen LogP contribution in [-0.4, -0.2) is 47.3 Å². The summed E-state index contributed by atoms with van der Waals surface area (Å²) in [6.07, 6.45) is 6.84. The van der Waals surface area contributed by atoms with E-state index in [1.54, 1.807) is 38.4 Å². The van der Waals surface area contributed by atoms with E-state index >= 15 is 0 Å². The number of imide groups is 1. The highest BCUT2D eigenvalue weighted by molar-refractivity contribution is 6.07. The van der Waals surface area contributed by atoms with Crippen molar-refractivity contribution in [1.29, 1.82) is 0 Å². The molecule has 1 aliphatic carbocycles. The van der Waals surface area contributed by atoms with Crippen LogP contribution >= 0.6 is 0 Å². The fraction of sp³-hybridized carbons (Fsp3) is 0.550. The van der Waals surface area contributed by atoms with Crippen LogP contribution in [0.25, 0.3) is 0 Å². The van der Waals surface area contributed by atoms with Crippen LogP contribution in [0.4, 0.5) is 4.79 Å². The molecule has 140 valence electrons. The van der Waals surface area contributed by atoms with Crippen LogP contribution in [0, 0.1) is 0 Å². The number of hydrogen-bond donors (Lipinski definition) is 1. The van der Waals surface area contributed by atoms with Crippen molar-refractivity contribution in [2.75, 3.05) is 14.1 Å². The molecule has 3 rings (SSSR count). The first-order valence-electron chi connectivity index (χ1n) is 9.38. The number of carbonyl (C=O) groups excluding carboxylic acids is 3. The van der Waals surface area contributed by atoms with Crippen molar-refractivity contribution >= 4 is 17.8 Å². The molecule has 0 bridgehead atoms. The van der Waals surface area contributed by atoms with Crippen molar-refractivity contribution in [2.45, 2.75) is 57.0 Å². The SMILES string of the molecule is CN(C)C(=O)c1ccc(CN2C(=O)NC3(CCCCCCC3)C2=O)cc1. The van der Waals surface area contributed by atoms with Gasteiger partial charge in [-0.15, -0.1) is 0 Å². The van der Waals surface area contributed by atoms with Crippen LogP contribution in [-0.2, 0) is 11.3 Å². The fourth-order valence-corrected chi connectivity index (χ4v) is 3.86. The summed E-state index contributed by atoms with van der Waals surface area (Å²) in [6.45, 7) is 0.239. The normalized spacial score (nSPS) is 19.8. The Morgan fingerprint density at radius 3 is 2.19 bits per heavy atom. The van der Waals surface area contributed by atoms with Gasteiger partial charge >= 0.3 is 6.03 Å². The van der Waals surface area contributed by atoms with E-state index in [0.717, 1.165) is 44.1 Å². The standard InChI is InChI=1S/C20H27N3O3/c1-22(2)17(24)16-10-8-15(9-11-16)14-23-18(25)20(21-19(23)26)12-6-4-3-5-7-13-20/h8-11H,3-7,12-14H2,1-2H3,(H,21,26). The van der Waals surface area contributed by atoms with E-state index in [9.17, 15) is 14.4 Å². The molecule has 0 aromatic heterocycles. The van der Waals surface area contributed by atoms with Crippen LogP contribution in [0.3, 0.4) is 0 Å². The molecule has 1 heterocycles. The quantitative estimate of drug-likeness (QED) is 0.846. The Kier molecular flexibility index (Phi) is 5.30. The molecular weight excluding hydrogens is 330 g/mol. The molecule has 26 heavy (non-hydrogen) atoms. The highest BCUT2D eigenvalue weighted by atomic mass is 16.2. The maximum absolute atomic E-state index is 13.0. The minimum absolute atomic E-state index is 0.0694. The van der Waals surface area contributed by atoms with Crippen molar-refractivity contribution in [3.8, 4) is 0 Å². The van der Waals surface area contributed by atoms with Gasteiger partial charge in [-0.05, 0) is 30.5 Å². The van der Waals surface area contributed by atoms with Crippen molar-refractivity contribution in [1.82, 2.24) is 15.1 Å². The number of amides is 4. The van der Waals surface area contributed by atoms with Crippen LogP contribution < -0.4 is 5.32 Å². The maximum atomic E-state index is 13.0. The second kappa shape index (κ2) is 7.48. The van der Waals surface area contributed by atoms with Crippen LogP contribution in [0.2, 0.25) is 0 Å². The number of benzene rings is 1. The Labute approximate surface area is 154 Å². The summed E-state index contributed by atoms with van der Waals surface area (Å²) in [4.78, 5) is 40.3. The van der Waals surface area contributed by atoms with Gasteiger partial charge in [-0.2, -0.15) is 0 Å². The zero-order valence-electron chi connectivity index (χ0n) is 15.6. The average Bonchev–Trinajstić information content (AvgIpc) is 2.83. The predicted octanol–water partition coefficient (Wildman–Crippen LogP) is 2.92. The lowest BCUT2D eigenvalue weighted by Crippen LogP contribution is -2.47. The first kappa shape index (κ1) is 18.4. The highest BCUT2D eigenvalue weighted by Crippen LogP contribution is 2.32. The summed E-state index contributed by atoms with van der Waals surface area (Å²) in [6, 6.07) is 6.79. The van der Waals surface area contributed by atoms with Gasteiger partial charge in [0.1, 0.15) is 5.54 Å². The zero-order chi connectivity index (χ0) is 18.7. The van der Waals surface area contributed by atoms with E-state index in [-0.39, 0.29) is 24.4 Å². The highest BCUT2D eigenvalue weighted by Gasteiger charge is 2.50. The lowest BCUT2D eigenvalue weighted by atomic mass is 9.84. The van der Waals surface area contributed by atoms with Crippen LogP contribution in [0.5, 0.6) is 0 Å². The third-order valence-corrected chi connectivity index (χ3v) is 5.40. The second-order valence-corrected chi connectivity index (χ2v) is 7.57. The fourth-order valence-electron chi connectivity index (χ4n) is 3.86. The van der Waals surface area contributed by atoms with E-state index < -0.39 is 5.54 Å². The zero-order valence-corrected chi connectivity index (χ0v) is 15.6. The summed E-state index contributed by atoms with van der Waals surface area (Å²) < 4.78 is 0. The minimum atomic E-state index is -0.710. The molecule has 6 nitrogen and oxygen atoms in total. The van der Waals surface area contributed by atoms with Gasteiger partial charge in [-0.3, -0.25) is 14.5 Å². The molecule has 0 unspecified atom stereocenters. The molecule has 1 aromatic carbocycles. The monoisotopic (exact) mass is 357 g/mol. The molecular formula is C20H27N3O3. The molecule has 1 saturated heterocycles. The Morgan fingerprint density at radius 1 is 1.04 bits per heavy atom. The van der Waals surface area contributed by atoms with Crippen LogP contribution in [0.1, 0.15) is 60.9 Å². The van der Waals surface area contributed by atoms with E-state index in [2.05, 4.69) is 5.32 Å². The lowest BCUT2D eigenvalue weighted by molar-refractivity contribution is -0.132. The van der Waals surface area contributed by atoms with Gasteiger partial charge in [0.2, 0.25) is 0 Å². The molecule has 2 aliphatic rings. The molecule has 1 saturated carbocycles. The maximum Gasteiger partial charge on any atom is 0.325 e. The van der Waals surface area contributed by atoms with E-state index in [0.29, 0.717) is 5.56 Å². The van der Waals surface area contributed by atoms with E-state index in [4.69, 9.17) is 0 Å². The Balaban J connectivity index is 1.72. The molecule has 1 N–H and O–H groups in total. The van der Waals surface area contributed by atoms with Gasteiger partial charge in [0.25, 0.3) is 11.8 Å². The molecule has 1 spiro atoms. The van der Waals surface area contributed by atoms with Crippen molar-refractivity contribution in [3.63, 3.8) is 0 Å². The summed E-state index contributed by atoms with van der Waals surface area (Å²) in [5.74, 6) is -0.169. The van der Waals surface area contributed by atoms with Crippen molar-refractivity contribution in [2.24, 2.45) is 0 Å². The Bertz CT molecular complexity index is 689. The molecule has 2 fully saturated rings. The summed E-state index contributed by atoms with van der Waals surface area (Å²) in [5.41, 5.74) is 0.720. The molecule has 6 heteroatoms. The summed E-state index contributed by atoms with van der Waals surface area (Å²) in [5, 5.41) is 2.98. The first-order chi connectivity index (χ1) is 12.4. The number of nitrogens with zero attached hydrogens (tertiary/aromatic N) is 2. The smallest absolute Gasteiger partial charge is 0.325 e. The second-order valence-electron chi connectivity index (χ2n) is 7.57. The van der Waals surface area contributed by atoms with E-state index in [1.807, 2.05) is 0 Å². The third-order valence-electron chi connectivity index (χ3n) is 5.40. The number of hydrogen-bond acceptors (Lipinski definition) is 3. The van der Waals surface area contributed by atoms with E-state index in [1.165, 1.54) is 16.2 Å².